The number of pyridine rings is 1. The van der Waals surface area contributed by atoms with Crippen molar-refractivity contribution in [2.75, 3.05) is 48.4 Å². The number of rotatable bonds is 7. The second-order valence-corrected chi connectivity index (χ2v) is 7.42. The smallest absolute Gasteiger partial charge is 0.259 e. The van der Waals surface area contributed by atoms with Gasteiger partial charge in [-0.1, -0.05) is 0 Å². The standard InChI is InChI=1S/C25H26N4O4/c1-2-33-21-11-9-20(10-12-21)27-24(30)18-5-7-19(8-6-18)28-25(31)22-4-3-13-26-23(22)29-14-16-32-17-15-29/h3-13H,2,14-17H2,1H3,(H,27,30)(H,28,31). The van der Waals surface area contributed by atoms with E-state index in [1.807, 2.05) is 11.8 Å². The van der Waals surface area contributed by atoms with Crippen molar-refractivity contribution in [3.05, 3.63) is 78.0 Å². The summed E-state index contributed by atoms with van der Waals surface area (Å²) in [4.78, 5) is 31.9. The van der Waals surface area contributed by atoms with Gasteiger partial charge in [-0.15, -0.1) is 0 Å². The fourth-order valence-electron chi connectivity index (χ4n) is 3.51. The molecule has 2 N–H and O–H groups in total. The number of hydrogen-bond acceptors (Lipinski definition) is 6. The lowest BCUT2D eigenvalue weighted by Crippen LogP contribution is -2.38. The molecule has 2 amide bonds. The summed E-state index contributed by atoms with van der Waals surface area (Å²) in [5.74, 6) is 0.903. The van der Waals surface area contributed by atoms with Crippen LogP contribution in [0.4, 0.5) is 17.2 Å². The second-order valence-electron chi connectivity index (χ2n) is 7.42. The van der Waals surface area contributed by atoms with Crippen molar-refractivity contribution in [2.45, 2.75) is 6.92 Å². The van der Waals surface area contributed by atoms with Gasteiger partial charge in [-0.2, -0.15) is 0 Å². The van der Waals surface area contributed by atoms with Crippen LogP contribution in [-0.2, 0) is 4.74 Å². The molecule has 1 aromatic heterocycles. The SMILES string of the molecule is CCOc1ccc(NC(=O)c2ccc(NC(=O)c3cccnc3N3CCOCC3)cc2)cc1. The van der Waals surface area contributed by atoms with E-state index in [4.69, 9.17) is 9.47 Å². The number of benzene rings is 2. The van der Waals surface area contributed by atoms with Gasteiger partial charge >= 0.3 is 0 Å². The number of hydrogen-bond donors (Lipinski definition) is 2. The molecular weight excluding hydrogens is 420 g/mol. The number of ether oxygens (including phenoxy) is 2. The summed E-state index contributed by atoms with van der Waals surface area (Å²) in [5.41, 5.74) is 2.25. The zero-order valence-electron chi connectivity index (χ0n) is 18.4. The molecule has 4 rings (SSSR count). The van der Waals surface area contributed by atoms with Crippen LogP contribution in [0.25, 0.3) is 0 Å². The Hall–Kier alpha value is -3.91. The second kappa shape index (κ2) is 10.6. The molecule has 0 bridgehead atoms. The van der Waals surface area contributed by atoms with Gasteiger partial charge in [0.1, 0.15) is 11.6 Å². The number of carbonyl (C=O) groups is 2. The molecule has 8 heteroatoms. The monoisotopic (exact) mass is 446 g/mol. The number of aromatic nitrogens is 1. The lowest BCUT2D eigenvalue weighted by Gasteiger charge is -2.29. The largest absolute Gasteiger partial charge is 0.494 e. The van der Waals surface area contributed by atoms with Gasteiger partial charge in [0.2, 0.25) is 0 Å². The summed E-state index contributed by atoms with van der Waals surface area (Å²) in [6.45, 7) is 5.10. The summed E-state index contributed by atoms with van der Waals surface area (Å²) < 4.78 is 10.8. The van der Waals surface area contributed by atoms with Gasteiger partial charge in [-0.3, -0.25) is 9.59 Å². The Kier molecular flexibility index (Phi) is 7.16. The molecule has 0 aliphatic carbocycles. The number of nitrogens with zero attached hydrogens (tertiary/aromatic N) is 2. The average molecular weight is 447 g/mol. The van der Waals surface area contributed by atoms with E-state index in [0.29, 0.717) is 61.2 Å². The van der Waals surface area contributed by atoms with Gasteiger partial charge in [-0.25, -0.2) is 4.98 Å². The van der Waals surface area contributed by atoms with Crippen molar-refractivity contribution in [3.8, 4) is 5.75 Å². The highest BCUT2D eigenvalue weighted by atomic mass is 16.5. The molecule has 1 fully saturated rings. The zero-order valence-corrected chi connectivity index (χ0v) is 18.4. The van der Waals surface area contributed by atoms with Crippen LogP contribution < -0.4 is 20.3 Å². The molecule has 0 spiro atoms. The summed E-state index contributed by atoms with van der Waals surface area (Å²) in [6, 6.07) is 17.4. The van der Waals surface area contributed by atoms with E-state index in [1.54, 1.807) is 66.9 Å². The molecule has 8 nitrogen and oxygen atoms in total. The van der Waals surface area contributed by atoms with Crippen LogP contribution in [0.1, 0.15) is 27.6 Å². The van der Waals surface area contributed by atoms with Crippen LogP contribution >= 0.6 is 0 Å². The molecule has 0 unspecified atom stereocenters. The number of amides is 2. The maximum atomic E-state index is 12.9. The highest BCUT2D eigenvalue weighted by Gasteiger charge is 2.20. The van der Waals surface area contributed by atoms with E-state index in [0.717, 1.165) is 5.75 Å². The molecule has 1 aliphatic heterocycles. The molecule has 3 aromatic rings. The van der Waals surface area contributed by atoms with E-state index in [9.17, 15) is 9.59 Å². The van der Waals surface area contributed by atoms with Gasteiger partial charge in [0.15, 0.2) is 0 Å². The summed E-state index contributed by atoms with van der Waals surface area (Å²) >= 11 is 0. The Morgan fingerprint density at radius 2 is 1.58 bits per heavy atom. The third-order valence-corrected chi connectivity index (χ3v) is 5.17. The number of nitrogens with one attached hydrogen (secondary N) is 2. The molecule has 170 valence electrons. The predicted molar refractivity (Wildman–Crippen MR) is 127 cm³/mol. The van der Waals surface area contributed by atoms with Gasteiger partial charge in [0, 0.05) is 36.2 Å². The molecule has 0 radical (unpaired) electrons. The molecule has 33 heavy (non-hydrogen) atoms. The molecule has 0 saturated carbocycles. The average Bonchev–Trinajstić information content (AvgIpc) is 2.86. The Labute approximate surface area is 192 Å². The quantitative estimate of drug-likeness (QED) is 0.573. The molecule has 2 aromatic carbocycles. The van der Waals surface area contributed by atoms with Crippen LogP contribution in [0.2, 0.25) is 0 Å². The Balaban J connectivity index is 1.39. The Morgan fingerprint density at radius 3 is 2.24 bits per heavy atom. The number of carbonyl (C=O) groups excluding carboxylic acids is 2. The lowest BCUT2D eigenvalue weighted by molar-refractivity contribution is 0.101. The fourth-order valence-corrected chi connectivity index (χ4v) is 3.51. The maximum Gasteiger partial charge on any atom is 0.259 e. The third-order valence-electron chi connectivity index (χ3n) is 5.17. The van der Waals surface area contributed by atoms with E-state index in [-0.39, 0.29) is 11.8 Å². The van der Waals surface area contributed by atoms with Crippen molar-refractivity contribution in [3.63, 3.8) is 0 Å². The van der Waals surface area contributed by atoms with E-state index < -0.39 is 0 Å². The zero-order chi connectivity index (χ0) is 23.0. The van der Waals surface area contributed by atoms with Crippen LogP contribution in [0.3, 0.4) is 0 Å². The first-order valence-electron chi connectivity index (χ1n) is 10.9. The van der Waals surface area contributed by atoms with E-state index in [2.05, 4.69) is 15.6 Å². The fraction of sp³-hybridized carbons (Fsp3) is 0.240. The van der Waals surface area contributed by atoms with Crippen molar-refractivity contribution in [2.24, 2.45) is 0 Å². The maximum absolute atomic E-state index is 12.9. The first-order chi connectivity index (χ1) is 16.1. The van der Waals surface area contributed by atoms with Crippen LogP contribution in [-0.4, -0.2) is 49.7 Å². The number of morpholine rings is 1. The molecule has 0 atom stereocenters. The minimum absolute atomic E-state index is 0.237. The van der Waals surface area contributed by atoms with Gasteiger partial charge in [-0.05, 0) is 67.6 Å². The van der Waals surface area contributed by atoms with Crippen molar-refractivity contribution in [1.82, 2.24) is 4.98 Å². The number of anilines is 3. The summed E-state index contributed by atoms with van der Waals surface area (Å²) in [7, 11) is 0. The van der Waals surface area contributed by atoms with Crippen LogP contribution in [0.5, 0.6) is 5.75 Å². The highest BCUT2D eigenvalue weighted by molar-refractivity contribution is 6.08. The predicted octanol–water partition coefficient (Wildman–Crippen LogP) is 3.82. The van der Waals surface area contributed by atoms with Crippen LogP contribution in [0.15, 0.2) is 66.9 Å². The van der Waals surface area contributed by atoms with Gasteiger partial charge < -0.3 is 25.0 Å². The molecule has 1 saturated heterocycles. The van der Waals surface area contributed by atoms with Gasteiger partial charge in [0.05, 0.1) is 25.4 Å². The van der Waals surface area contributed by atoms with E-state index >= 15 is 0 Å². The Morgan fingerprint density at radius 1 is 0.939 bits per heavy atom. The lowest BCUT2D eigenvalue weighted by atomic mass is 10.1. The van der Waals surface area contributed by atoms with Crippen molar-refractivity contribution in [1.29, 1.82) is 0 Å². The van der Waals surface area contributed by atoms with Crippen molar-refractivity contribution < 1.29 is 19.1 Å². The summed E-state index contributed by atoms with van der Waals surface area (Å²) in [6.07, 6.45) is 1.68. The van der Waals surface area contributed by atoms with Crippen LogP contribution in [0, 0.1) is 0 Å². The van der Waals surface area contributed by atoms with Crippen molar-refractivity contribution >= 4 is 29.0 Å². The molecular formula is C25H26N4O4. The third kappa shape index (κ3) is 5.67. The topological polar surface area (TPSA) is 92.8 Å². The minimum Gasteiger partial charge on any atom is -0.494 e. The first kappa shape index (κ1) is 22.3. The molecule has 2 heterocycles. The minimum atomic E-state index is -0.254. The highest BCUT2D eigenvalue weighted by Crippen LogP contribution is 2.21. The Bertz CT molecular complexity index is 1090. The normalized spacial score (nSPS) is 13.3. The first-order valence-corrected chi connectivity index (χ1v) is 10.9. The van der Waals surface area contributed by atoms with E-state index in [1.165, 1.54) is 0 Å². The summed E-state index contributed by atoms with van der Waals surface area (Å²) in [5, 5.41) is 5.74. The molecule has 1 aliphatic rings. The van der Waals surface area contributed by atoms with Gasteiger partial charge in [0.25, 0.3) is 11.8 Å².